The molecule has 1 aromatic carbocycles. The van der Waals surface area contributed by atoms with Crippen molar-refractivity contribution in [3.05, 3.63) is 65.1 Å². The monoisotopic (exact) mass is 402 g/mol. The molecule has 0 fully saturated rings. The van der Waals surface area contributed by atoms with Crippen molar-refractivity contribution >= 4 is 11.4 Å². The molecule has 0 radical (unpaired) electrons. The van der Waals surface area contributed by atoms with E-state index < -0.39 is 17.2 Å². The van der Waals surface area contributed by atoms with Gasteiger partial charge in [-0.15, -0.1) is 0 Å². The zero-order valence-electron chi connectivity index (χ0n) is 16.7. The van der Waals surface area contributed by atoms with Gasteiger partial charge in [-0.2, -0.15) is 0 Å². The predicted molar refractivity (Wildman–Crippen MR) is 105 cm³/mol. The fourth-order valence-electron chi connectivity index (χ4n) is 3.22. The molecule has 7 heteroatoms. The number of aryl methyl sites for hydroxylation is 1. The molecule has 3 rings (SSSR count). The van der Waals surface area contributed by atoms with Gasteiger partial charge >= 0.3 is 0 Å². The van der Waals surface area contributed by atoms with Gasteiger partial charge in [-0.25, -0.2) is 13.8 Å². The Labute approximate surface area is 168 Å². The predicted octanol–water partition coefficient (Wildman–Crippen LogP) is 4.62. The smallest absolute Gasteiger partial charge is 0.181 e. The van der Waals surface area contributed by atoms with E-state index in [1.165, 1.54) is 18.2 Å². The van der Waals surface area contributed by atoms with Crippen molar-refractivity contribution in [3.8, 4) is 5.75 Å². The van der Waals surface area contributed by atoms with Crippen LogP contribution >= 0.6 is 0 Å². The highest BCUT2D eigenvalue weighted by Gasteiger charge is 2.20. The van der Waals surface area contributed by atoms with Gasteiger partial charge in [0, 0.05) is 12.6 Å². The Morgan fingerprint density at radius 2 is 1.90 bits per heavy atom. The number of halogens is 2. The minimum absolute atomic E-state index is 0.0865. The maximum absolute atomic E-state index is 13.8. The van der Waals surface area contributed by atoms with E-state index in [-0.39, 0.29) is 24.4 Å². The lowest BCUT2D eigenvalue weighted by Crippen LogP contribution is -2.18. The number of nitrogens with zero attached hydrogens (tertiary/aromatic N) is 2. The van der Waals surface area contributed by atoms with E-state index >= 15 is 0 Å². The average molecular weight is 402 g/mol. The molecule has 3 aromatic rings. The molecule has 0 unspecified atom stereocenters. The number of aliphatic hydroxyl groups is 1. The number of aromatic nitrogens is 2. The number of carbonyl (C=O) groups excluding carboxylic acids is 1. The Kier molecular flexibility index (Phi) is 5.98. The molecule has 2 heterocycles. The summed E-state index contributed by atoms with van der Waals surface area (Å²) in [4.78, 5) is 17.2. The van der Waals surface area contributed by atoms with E-state index in [1.807, 2.05) is 0 Å². The summed E-state index contributed by atoms with van der Waals surface area (Å²) in [6.07, 6.45) is 3.05. The van der Waals surface area contributed by atoms with Gasteiger partial charge in [0.05, 0.1) is 16.9 Å². The number of fused-ring (bicyclic) bond motifs is 1. The summed E-state index contributed by atoms with van der Waals surface area (Å²) in [6, 6.07) is 6.97. The van der Waals surface area contributed by atoms with Gasteiger partial charge in [-0.05, 0) is 57.9 Å². The summed E-state index contributed by atoms with van der Waals surface area (Å²) >= 11 is 0. The number of imidazole rings is 1. The third-order valence-electron chi connectivity index (χ3n) is 4.68. The van der Waals surface area contributed by atoms with Crippen molar-refractivity contribution in [2.24, 2.45) is 0 Å². The van der Waals surface area contributed by atoms with E-state index in [0.29, 0.717) is 35.6 Å². The number of rotatable bonds is 8. The molecule has 5 nitrogen and oxygen atoms in total. The minimum Gasteiger partial charge on any atom is -0.485 e. The number of carbonyl (C=O) groups is 1. The normalized spacial score (nSPS) is 11.8. The summed E-state index contributed by atoms with van der Waals surface area (Å²) < 4.78 is 34.9. The highest BCUT2D eigenvalue weighted by molar-refractivity contribution is 5.96. The Balaban J connectivity index is 1.83. The molecule has 0 bridgehead atoms. The number of benzene rings is 1. The zero-order valence-corrected chi connectivity index (χ0v) is 16.7. The number of ether oxygens (including phenoxy) is 1. The molecule has 0 aliphatic rings. The lowest BCUT2D eigenvalue weighted by Gasteiger charge is -2.16. The van der Waals surface area contributed by atoms with Gasteiger partial charge in [0.2, 0.25) is 0 Å². The molecule has 29 heavy (non-hydrogen) atoms. The van der Waals surface area contributed by atoms with Crippen LogP contribution in [0.2, 0.25) is 0 Å². The lowest BCUT2D eigenvalue weighted by molar-refractivity contribution is 0.0670. The number of Topliss-reactive ketones (excluding diaryl/α,β-unsaturated/α-hetero) is 1. The summed E-state index contributed by atoms with van der Waals surface area (Å²) in [5.41, 5.74) is 0.413. The van der Waals surface area contributed by atoms with Crippen LogP contribution in [0.4, 0.5) is 8.78 Å². The van der Waals surface area contributed by atoms with Gasteiger partial charge in [-0.3, -0.25) is 9.20 Å². The molecule has 0 aliphatic heterocycles. The van der Waals surface area contributed by atoms with Crippen molar-refractivity contribution in [1.29, 1.82) is 0 Å². The zero-order chi connectivity index (χ0) is 21.2. The molecule has 0 saturated heterocycles. The van der Waals surface area contributed by atoms with E-state index in [1.54, 1.807) is 43.5 Å². The molecular weight excluding hydrogens is 378 g/mol. The topological polar surface area (TPSA) is 63.8 Å². The summed E-state index contributed by atoms with van der Waals surface area (Å²) in [6.45, 7) is 4.85. The molecule has 0 spiro atoms. The number of hydrogen-bond acceptors (Lipinski definition) is 4. The maximum Gasteiger partial charge on any atom is 0.181 e. The standard InChI is InChI=1S/C22H24F2N2O3/c1-14-20(18(27)9-5-11-22(2,3)28)26-12-6-10-19(21(26)25-14)29-13-15-16(23)7-4-8-17(15)24/h4,6-8,10,12,28H,5,9,11,13H2,1-3H3. The highest BCUT2D eigenvalue weighted by Crippen LogP contribution is 2.25. The van der Waals surface area contributed by atoms with Crippen LogP contribution in [-0.4, -0.2) is 25.9 Å². The highest BCUT2D eigenvalue weighted by atomic mass is 19.1. The Hall–Kier alpha value is -2.80. The molecule has 0 aliphatic carbocycles. The summed E-state index contributed by atoms with van der Waals surface area (Å²) in [5, 5.41) is 9.82. The maximum atomic E-state index is 13.8. The van der Waals surface area contributed by atoms with E-state index in [9.17, 15) is 18.7 Å². The van der Waals surface area contributed by atoms with Crippen molar-refractivity contribution < 1.29 is 23.4 Å². The fraction of sp³-hybridized carbons (Fsp3) is 0.364. The van der Waals surface area contributed by atoms with E-state index in [2.05, 4.69) is 4.98 Å². The largest absolute Gasteiger partial charge is 0.485 e. The first-order valence-corrected chi connectivity index (χ1v) is 9.46. The van der Waals surface area contributed by atoms with Crippen LogP contribution in [0.25, 0.3) is 5.65 Å². The molecule has 0 atom stereocenters. The van der Waals surface area contributed by atoms with Gasteiger partial charge < -0.3 is 9.84 Å². The van der Waals surface area contributed by atoms with Crippen molar-refractivity contribution in [3.63, 3.8) is 0 Å². The molecular formula is C22H24F2N2O3. The Morgan fingerprint density at radius 3 is 2.55 bits per heavy atom. The van der Waals surface area contributed by atoms with Crippen LogP contribution in [0, 0.1) is 18.6 Å². The van der Waals surface area contributed by atoms with Gasteiger partial charge in [0.25, 0.3) is 0 Å². The van der Waals surface area contributed by atoms with Crippen LogP contribution in [0.3, 0.4) is 0 Å². The quantitative estimate of drug-likeness (QED) is 0.558. The van der Waals surface area contributed by atoms with E-state index in [4.69, 9.17) is 4.74 Å². The van der Waals surface area contributed by atoms with Crippen molar-refractivity contribution in [1.82, 2.24) is 9.38 Å². The van der Waals surface area contributed by atoms with Gasteiger partial charge in [-0.1, -0.05) is 6.07 Å². The summed E-state index contributed by atoms with van der Waals surface area (Å²) in [7, 11) is 0. The van der Waals surface area contributed by atoms with Crippen LogP contribution < -0.4 is 4.74 Å². The van der Waals surface area contributed by atoms with Crippen LogP contribution in [-0.2, 0) is 6.61 Å². The van der Waals surface area contributed by atoms with E-state index in [0.717, 1.165) is 0 Å². The number of hydrogen-bond donors (Lipinski definition) is 1. The van der Waals surface area contributed by atoms with Gasteiger partial charge in [0.15, 0.2) is 17.2 Å². The molecule has 0 amide bonds. The molecule has 1 N–H and O–H groups in total. The molecule has 0 saturated carbocycles. The third kappa shape index (κ3) is 4.79. The fourth-order valence-corrected chi connectivity index (χ4v) is 3.22. The first-order chi connectivity index (χ1) is 13.7. The summed E-state index contributed by atoms with van der Waals surface area (Å²) in [5.74, 6) is -1.12. The minimum atomic E-state index is -0.822. The van der Waals surface area contributed by atoms with Crippen LogP contribution in [0.15, 0.2) is 36.5 Å². The average Bonchev–Trinajstić information content (AvgIpc) is 2.96. The van der Waals surface area contributed by atoms with Crippen LogP contribution in [0.5, 0.6) is 5.75 Å². The van der Waals surface area contributed by atoms with Crippen molar-refractivity contribution in [2.45, 2.75) is 52.2 Å². The SMILES string of the molecule is Cc1nc2c(OCc3c(F)cccc3F)cccn2c1C(=O)CCCC(C)(C)O. The molecule has 2 aromatic heterocycles. The Bertz CT molecular complexity index is 1020. The lowest BCUT2D eigenvalue weighted by atomic mass is 9.99. The second kappa shape index (κ2) is 8.29. The third-order valence-corrected chi connectivity index (χ3v) is 4.68. The first-order valence-electron chi connectivity index (χ1n) is 9.46. The number of pyridine rings is 1. The Morgan fingerprint density at radius 1 is 1.21 bits per heavy atom. The van der Waals surface area contributed by atoms with Crippen molar-refractivity contribution in [2.75, 3.05) is 0 Å². The second-order valence-corrected chi connectivity index (χ2v) is 7.69. The van der Waals surface area contributed by atoms with Crippen LogP contribution in [0.1, 0.15) is 54.9 Å². The number of ketones is 1. The first kappa shape index (κ1) is 20.9. The second-order valence-electron chi connectivity index (χ2n) is 7.69. The van der Waals surface area contributed by atoms with Gasteiger partial charge in [0.1, 0.15) is 23.9 Å². The molecule has 154 valence electrons.